The molecule has 5 nitrogen and oxygen atoms in total. The third kappa shape index (κ3) is 4.37. The van der Waals surface area contributed by atoms with Gasteiger partial charge in [0, 0.05) is 15.4 Å². The minimum atomic E-state index is -0.00659. The quantitative estimate of drug-likeness (QED) is 0.525. The molecule has 1 N–H and O–H groups in total. The molecule has 0 spiro atoms. The number of carbonyl (C=O) groups is 1. The number of hydrogen-bond donors (Lipinski definition) is 1. The van der Waals surface area contributed by atoms with Gasteiger partial charge >= 0.3 is 0 Å². The molecule has 2 heterocycles. The van der Waals surface area contributed by atoms with Gasteiger partial charge in [-0.05, 0) is 48.6 Å². The summed E-state index contributed by atoms with van der Waals surface area (Å²) in [5.41, 5.74) is 2.92. The first-order valence-electron chi connectivity index (χ1n) is 10.0. The Balaban J connectivity index is 1.28. The summed E-state index contributed by atoms with van der Waals surface area (Å²) in [6.45, 7) is 1.13. The molecule has 154 valence electrons. The molecule has 0 radical (unpaired) electrons. The SMILES string of the molecule is O=C(Cc1csc(-c2cccc(Br)c2)n1)NC(c1ccc2c(c1)OCCO2)C1CC1. The number of fused-ring (bicyclic) bond motifs is 1. The summed E-state index contributed by atoms with van der Waals surface area (Å²) in [4.78, 5) is 17.5. The van der Waals surface area contributed by atoms with E-state index in [-0.39, 0.29) is 18.4 Å². The predicted molar refractivity (Wildman–Crippen MR) is 120 cm³/mol. The van der Waals surface area contributed by atoms with E-state index in [1.165, 1.54) is 0 Å². The number of hydrogen-bond acceptors (Lipinski definition) is 5. The van der Waals surface area contributed by atoms with E-state index < -0.39 is 0 Å². The first-order valence-corrected chi connectivity index (χ1v) is 11.7. The van der Waals surface area contributed by atoms with E-state index in [0.29, 0.717) is 19.1 Å². The normalized spacial score (nSPS) is 16.2. The minimum absolute atomic E-state index is 0.00323. The van der Waals surface area contributed by atoms with Crippen LogP contribution >= 0.6 is 27.3 Å². The summed E-state index contributed by atoms with van der Waals surface area (Å²) in [5.74, 6) is 2.00. The average molecular weight is 485 g/mol. The molecule has 0 saturated heterocycles. The van der Waals surface area contributed by atoms with Gasteiger partial charge in [-0.2, -0.15) is 0 Å². The highest BCUT2D eigenvalue weighted by Gasteiger charge is 2.34. The zero-order valence-corrected chi connectivity index (χ0v) is 18.7. The second-order valence-corrected chi connectivity index (χ2v) is 9.39. The zero-order valence-electron chi connectivity index (χ0n) is 16.3. The second kappa shape index (κ2) is 8.40. The van der Waals surface area contributed by atoms with Crippen LogP contribution in [-0.4, -0.2) is 24.1 Å². The van der Waals surface area contributed by atoms with Gasteiger partial charge in [-0.3, -0.25) is 4.79 Å². The highest BCUT2D eigenvalue weighted by atomic mass is 79.9. The van der Waals surface area contributed by atoms with Gasteiger partial charge in [-0.25, -0.2) is 4.98 Å². The summed E-state index contributed by atoms with van der Waals surface area (Å²) in [6, 6.07) is 14.0. The molecule has 5 rings (SSSR count). The van der Waals surface area contributed by atoms with Crippen LogP contribution in [0.25, 0.3) is 10.6 Å². The Bertz CT molecular complexity index is 1080. The third-order valence-corrected chi connectivity index (χ3v) is 6.73. The molecular formula is C23H21BrN2O3S. The van der Waals surface area contributed by atoms with Crippen molar-refractivity contribution in [2.24, 2.45) is 5.92 Å². The van der Waals surface area contributed by atoms with Crippen LogP contribution in [0.1, 0.15) is 30.1 Å². The third-order valence-electron chi connectivity index (χ3n) is 5.30. The second-order valence-electron chi connectivity index (χ2n) is 7.62. The minimum Gasteiger partial charge on any atom is -0.486 e. The lowest BCUT2D eigenvalue weighted by Crippen LogP contribution is -2.31. The van der Waals surface area contributed by atoms with Crippen molar-refractivity contribution < 1.29 is 14.3 Å². The van der Waals surface area contributed by atoms with Crippen LogP contribution in [0.5, 0.6) is 11.5 Å². The largest absolute Gasteiger partial charge is 0.486 e. The molecule has 1 aliphatic carbocycles. The van der Waals surface area contributed by atoms with Crippen LogP contribution in [-0.2, 0) is 11.2 Å². The first-order chi connectivity index (χ1) is 14.7. The molecule has 2 aliphatic rings. The fourth-order valence-electron chi connectivity index (χ4n) is 3.69. The Kier molecular flexibility index (Phi) is 5.48. The molecular weight excluding hydrogens is 464 g/mol. The molecule has 1 saturated carbocycles. The standard InChI is InChI=1S/C23H21BrN2O3S/c24-17-3-1-2-16(10-17)23-25-18(13-30-23)12-21(27)26-22(14-4-5-14)15-6-7-19-20(11-15)29-9-8-28-19/h1-3,6-7,10-11,13-14,22H,4-5,8-9,12H2,(H,26,27). The molecule has 1 aromatic heterocycles. The van der Waals surface area contributed by atoms with Crippen LogP contribution in [0.3, 0.4) is 0 Å². The van der Waals surface area contributed by atoms with E-state index in [0.717, 1.165) is 50.6 Å². The van der Waals surface area contributed by atoms with Gasteiger partial charge in [0.25, 0.3) is 0 Å². The van der Waals surface area contributed by atoms with Crippen molar-refractivity contribution in [3.05, 3.63) is 63.6 Å². The summed E-state index contributed by atoms with van der Waals surface area (Å²) in [5, 5.41) is 6.12. The maximum absolute atomic E-state index is 12.8. The first kappa shape index (κ1) is 19.6. The fourth-order valence-corrected chi connectivity index (χ4v) is 4.90. The van der Waals surface area contributed by atoms with E-state index in [9.17, 15) is 4.79 Å². The number of benzene rings is 2. The number of carbonyl (C=O) groups excluding carboxylic acids is 1. The highest BCUT2D eigenvalue weighted by Crippen LogP contribution is 2.43. The van der Waals surface area contributed by atoms with Gasteiger partial charge < -0.3 is 14.8 Å². The molecule has 1 atom stereocenters. The van der Waals surface area contributed by atoms with Crippen LogP contribution in [0.15, 0.2) is 52.3 Å². The Morgan fingerprint density at radius 2 is 2.00 bits per heavy atom. The summed E-state index contributed by atoms with van der Waals surface area (Å²) in [6.07, 6.45) is 2.53. The van der Waals surface area contributed by atoms with Crippen molar-refractivity contribution >= 4 is 33.2 Å². The highest BCUT2D eigenvalue weighted by molar-refractivity contribution is 9.10. The lowest BCUT2D eigenvalue weighted by Gasteiger charge is -2.23. The Hall–Kier alpha value is -2.38. The summed E-state index contributed by atoms with van der Waals surface area (Å²) in [7, 11) is 0. The molecule has 1 fully saturated rings. The van der Waals surface area contributed by atoms with E-state index in [2.05, 4.69) is 26.2 Å². The molecule has 7 heteroatoms. The zero-order chi connectivity index (χ0) is 20.5. The fraction of sp³-hybridized carbons (Fsp3) is 0.304. The summed E-state index contributed by atoms with van der Waals surface area (Å²) >= 11 is 5.05. The van der Waals surface area contributed by atoms with Crippen LogP contribution in [0.2, 0.25) is 0 Å². The monoisotopic (exact) mass is 484 g/mol. The van der Waals surface area contributed by atoms with Gasteiger partial charge in [-0.15, -0.1) is 11.3 Å². The Morgan fingerprint density at radius 1 is 1.17 bits per heavy atom. The maximum Gasteiger partial charge on any atom is 0.226 e. The Labute approximate surface area is 187 Å². The van der Waals surface area contributed by atoms with Crippen molar-refractivity contribution in [1.29, 1.82) is 0 Å². The topological polar surface area (TPSA) is 60.5 Å². The van der Waals surface area contributed by atoms with Gasteiger partial charge in [0.2, 0.25) is 5.91 Å². The Morgan fingerprint density at radius 3 is 2.80 bits per heavy atom. The van der Waals surface area contributed by atoms with Crippen molar-refractivity contribution in [1.82, 2.24) is 10.3 Å². The van der Waals surface area contributed by atoms with Crippen LogP contribution in [0.4, 0.5) is 0 Å². The van der Waals surface area contributed by atoms with Crippen LogP contribution in [0, 0.1) is 5.92 Å². The average Bonchev–Trinajstić information content (AvgIpc) is 3.50. The maximum atomic E-state index is 12.8. The number of ether oxygens (including phenoxy) is 2. The molecule has 0 bridgehead atoms. The molecule has 2 aromatic carbocycles. The molecule has 1 unspecified atom stereocenters. The number of rotatable bonds is 6. The number of thiazole rings is 1. The number of nitrogens with one attached hydrogen (secondary N) is 1. The molecule has 1 aliphatic heterocycles. The predicted octanol–water partition coefficient (Wildman–Crippen LogP) is 5.15. The number of aromatic nitrogens is 1. The molecule has 1 amide bonds. The van der Waals surface area contributed by atoms with Crippen molar-refractivity contribution in [2.45, 2.75) is 25.3 Å². The van der Waals surface area contributed by atoms with E-state index in [4.69, 9.17) is 9.47 Å². The van der Waals surface area contributed by atoms with E-state index in [1.54, 1.807) is 11.3 Å². The van der Waals surface area contributed by atoms with E-state index >= 15 is 0 Å². The lowest BCUT2D eigenvalue weighted by molar-refractivity contribution is -0.121. The van der Waals surface area contributed by atoms with Gasteiger partial charge in [0.1, 0.15) is 18.2 Å². The molecule has 3 aromatic rings. The number of halogens is 1. The smallest absolute Gasteiger partial charge is 0.226 e. The van der Waals surface area contributed by atoms with Crippen molar-refractivity contribution in [3.8, 4) is 22.1 Å². The van der Waals surface area contributed by atoms with Gasteiger partial charge in [0.05, 0.1) is 18.2 Å². The molecule has 30 heavy (non-hydrogen) atoms. The van der Waals surface area contributed by atoms with Crippen LogP contribution < -0.4 is 14.8 Å². The lowest BCUT2D eigenvalue weighted by atomic mass is 10.0. The van der Waals surface area contributed by atoms with Crippen molar-refractivity contribution in [2.75, 3.05) is 13.2 Å². The number of nitrogens with zero attached hydrogens (tertiary/aromatic N) is 1. The number of amides is 1. The van der Waals surface area contributed by atoms with E-state index in [1.807, 2.05) is 47.8 Å². The summed E-state index contributed by atoms with van der Waals surface area (Å²) < 4.78 is 12.4. The van der Waals surface area contributed by atoms with Gasteiger partial charge in [0.15, 0.2) is 11.5 Å². The van der Waals surface area contributed by atoms with Crippen molar-refractivity contribution in [3.63, 3.8) is 0 Å². The van der Waals surface area contributed by atoms with Gasteiger partial charge in [-0.1, -0.05) is 34.1 Å².